The number of phenols is 1. The van der Waals surface area contributed by atoms with Crippen LogP contribution in [0.3, 0.4) is 0 Å². The fourth-order valence-electron chi connectivity index (χ4n) is 2.82. The van der Waals surface area contributed by atoms with Crippen LogP contribution in [-0.4, -0.2) is 25.9 Å². The molecule has 4 rings (SSSR count). The molecule has 2 aliphatic rings. The molecule has 1 unspecified atom stereocenters. The summed E-state index contributed by atoms with van der Waals surface area (Å²) in [5.74, 6) is -0.0564. The van der Waals surface area contributed by atoms with Crippen molar-refractivity contribution in [1.82, 2.24) is 9.63 Å². The molecule has 19 heavy (non-hydrogen) atoms. The van der Waals surface area contributed by atoms with Crippen LogP contribution in [0, 0.1) is 0 Å². The Hall–Kier alpha value is -2.53. The second kappa shape index (κ2) is 3.27. The number of phenolic OH excluding ortho intramolecular Hbond substituents is 1. The zero-order chi connectivity index (χ0) is 13.1. The van der Waals surface area contributed by atoms with E-state index in [1.807, 2.05) is 0 Å². The van der Waals surface area contributed by atoms with Gasteiger partial charge in [0.1, 0.15) is 11.8 Å². The summed E-state index contributed by atoms with van der Waals surface area (Å²) in [4.78, 5) is 12.1. The maximum atomic E-state index is 12.1. The van der Waals surface area contributed by atoms with Crippen molar-refractivity contribution in [2.75, 3.05) is 0 Å². The third kappa shape index (κ3) is 1.19. The first-order chi connectivity index (χ1) is 9.16. The Balaban J connectivity index is 2.19. The molecule has 1 atom stereocenters. The second-order valence-electron chi connectivity index (χ2n) is 4.67. The normalized spacial score (nSPS) is 20.2. The number of carbonyl (C=O) groups excluding carboxylic acids is 1. The molecule has 0 spiro atoms. The predicted octanol–water partition coefficient (Wildman–Crippen LogP) is 2.27. The Morgan fingerprint density at radius 2 is 2.05 bits per heavy atom. The Bertz CT molecular complexity index is 786. The van der Waals surface area contributed by atoms with Gasteiger partial charge in [0, 0.05) is 29.3 Å². The van der Waals surface area contributed by atoms with Gasteiger partial charge in [-0.1, -0.05) is 0 Å². The van der Waals surface area contributed by atoms with E-state index in [2.05, 4.69) is 0 Å². The Morgan fingerprint density at radius 3 is 2.89 bits per heavy atom. The summed E-state index contributed by atoms with van der Waals surface area (Å²) in [6, 6.07) is 4.58. The van der Waals surface area contributed by atoms with Crippen LogP contribution in [0.2, 0.25) is 0 Å². The molecule has 2 N–H and O–H groups in total. The average Bonchev–Trinajstić information content (AvgIpc) is 2.71. The minimum Gasteiger partial charge on any atom is -0.508 e. The molecule has 0 saturated carbocycles. The van der Waals surface area contributed by atoms with Gasteiger partial charge in [-0.25, -0.2) is 0 Å². The largest absolute Gasteiger partial charge is 0.508 e. The van der Waals surface area contributed by atoms with E-state index in [1.165, 1.54) is 6.08 Å². The summed E-state index contributed by atoms with van der Waals surface area (Å²) in [6.07, 6.45) is 6.45. The Kier molecular flexibility index (Phi) is 1.79. The van der Waals surface area contributed by atoms with Crippen LogP contribution in [0.1, 0.15) is 22.1 Å². The quantitative estimate of drug-likeness (QED) is 0.757. The van der Waals surface area contributed by atoms with Crippen LogP contribution in [0.15, 0.2) is 36.6 Å². The molecule has 94 valence electrons. The van der Waals surface area contributed by atoms with Gasteiger partial charge in [0.25, 0.3) is 5.91 Å². The number of hydroxylamine groups is 2. The highest BCUT2D eigenvalue weighted by molar-refractivity contribution is 6.04. The first-order valence-corrected chi connectivity index (χ1v) is 5.92. The maximum Gasteiger partial charge on any atom is 0.255 e. The summed E-state index contributed by atoms with van der Waals surface area (Å²) < 4.78 is 1.54. The van der Waals surface area contributed by atoms with E-state index in [4.69, 9.17) is 0 Å². The number of aromatic nitrogens is 1. The summed E-state index contributed by atoms with van der Waals surface area (Å²) in [5.41, 5.74) is 2.30. The van der Waals surface area contributed by atoms with Gasteiger partial charge in [0.2, 0.25) is 0 Å². The molecule has 0 amide bonds. The van der Waals surface area contributed by atoms with E-state index in [0.29, 0.717) is 5.52 Å². The fraction of sp³-hybridized carbons (Fsp3) is 0.0714. The van der Waals surface area contributed by atoms with Crippen LogP contribution in [0.5, 0.6) is 5.75 Å². The van der Waals surface area contributed by atoms with Gasteiger partial charge in [-0.15, -0.1) is 0 Å². The maximum absolute atomic E-state index is 12.1. The number of hydrogen-bond acceptors (Lipinski definition) is 4. The highest BCUT2D eigenvalue weighted by Crippen LogP contribution is 2.40. The van der Waals surface area contributed by atoms with Crippen molar-refractivity contribution in [3.05, 3.63) is 47.8 Å². The lowest BCUT2D eigenvalue weighted by Gasteiger charge is -2.29. The molecule has 1 aromatic carbocycles. The van der Waals surface area contributed by atoms with Gasteiger partial charge in [-0.2, -0.15) is 0 Å². The van der Waals surface area contributed by atoms with Crippen molar-refractivity contribution in [3.63, 3.8) is 0 Å². The second-order valence-corrected chi connectivity index (χ2v) is 4.67. The molecule has 2 aromatic rings. The molecule has 0 aliphatic carbocycles. The third-order valence-corrected chi connectivity index (χ3v) is 3.63. The van der Waals surface area contributed by atoms with Gasteiger partial charge >= 0.3 is 0 Å². The van der Waals surface area contributed by atoms with Crippen molar-refractivity contribution in [2.45, 2.75) is 6.04 Å². The van der Waals surface area contributed by atoms with Crippen LogP contribution >= 0.6 is 0 Å². The van der Waals surface area contributed by atoms with Crippen LogP contribution in [-0.2, 0) is 0 Å². The molecule has 5 heteroatoms. The van der Waals surface area contributed by atoms with Gasteiger partial charge in [0.05, 0.1) is 11.2 Å². The first-order valence-electron chi connectivity index (χ1n) is 5.92. The predicted molar refractivity (Wildman–Crippen MR) is 68.8 cm³/mol. The number of fused-ring (bicyclic) bond motifs is 3. The lowest BCUT2D eigenvalue weighted by molar-refractivity contribution is -0.0682. The first kappa shape index (κ1) is 10.4. The molecule has 2 aliphatic heterocycles. The highest BCUT2D eigenvalue weighted by Gasteiger charge is 2.32. The van der Waals surface area contributed by atoms with E-state index in [-0.39, 0.29) is 17.7 Å². The standard InChI is InChI=1S/C14H10N2O3/c17-8-1-2-9-10-5-6-15(19)11-3-4-13(18)16(14(10)11)12(9)7-8/h1-7,11,17,19H. The number of nitrogens with zero attached hydrogens (tertiary/aromatic N) is 2. The van der Waals surface area contributed by atoms with Crippen LogP contribution < -0.4 is 0 Å². The summed E-state index contributed by atoms with van der Waals surface area (Å²) in [5, 5.41) is 21.4. The molecule has 3 heterocycles. The molecule has 5 nitrogen and oxygen atoms in total. The van der Waals surface area contributed by atoms with Crippen molar-refractivity contribution >= 4 is 22.9 Å². The third-order valence-electron chi connectivity index (χ3n) is 3.63. The van der Waals surface area contributed by atoms with Gasteiger partial charge in [-0.05, 0) is 24.3 Å². The van der Waals surface area contributed by atoms with E-state index in [9.17, 15) is 15.1 Å². The minimum atomic E-state index is -0.368. The van der Waals surface area contributed by atoms with Gasteiger partial charge < -0.3 is 5.11 Å². The van der Waals surface area contributed by atoms with Crippen molar-refractivity contribution in [2.24, 2.45) is 0 Å². The Labute approximate surface area is 108 Å². The van der Waals surface area contributed by atoms with E-state index >= 15 is 0 Å². The van der Waals surface area contributed by atoms with E-state index in [1.54, 1.807) is 41.1 Å². The summed E-state index contributed by atoms with van der Waals surface area (Å²) >= 11 is 0. The molecular formula is C14H10N2O3. The van der Waals surface area contributed by atoms with E-state index in [0.717, 1.165) is 21.7 Å². The van der Waals surface area contributed by atoms with Crippen molar-refractivity contribution in [1.29, 1.82) is 0 Å². The molecule has 0 bridgehead atoms. The van der Waals surface area contributed by atoms with Crippen molar-refractivity contribution < 1.29 is 15.1 Å². The zero-order valence-electron chi connectivity index (χ0n) is 9.82. The fourth-order valence-corrected chi connectivity index (χ4v) is 2.82. The number of aromatic hydroxyl groups is 1. The van der Waals surface area contributed by atoms with E-state index < -0.39 is 0 Å². The molecule has 0 fully saturated rings. The number of rotatable bonds is 0. The smallest absolute Gasteiger partial charge is 0.255 e. The Morgan fingerprint density at radius 1 is 1.21 bits per heavy atom. The minimum absolute atomic E-state index is 0.113. The van der Waals surface area contributed by atoms with Gasteiger partial charge in [0.15, 0.2) is 0 Å². The molecule has 0 radical (unpaired) electrons. The molecule has 1 aromatic heterocycles. The number of hydrogen-bond donors (Lipinski definition) is 2. The average molecular weight is 254 g/mol. The number of carbonyl (C=O) groups is 1. The summed E-state index contributed by atoms with van der Waals surface area (Å²) in [7, 11) is 0. The van der Waals surface area contributed by atoms with Crippen LogP contribution in [0.25, 0.3) is 17.0 Å². The van der Waals surface area contributed by atoms with Crippen LogP contribution in [0.4, 0.5) is 0 Å². The monoisotopic (exact) mass is 254 g/mol. The number of allylic oxidation sites excluding steroid dienone is 1. The molecular weight excluding hydrogens is 244 g/mol. The SMILES string of the molecule is O=C1C=CC2c3c(c4ccc(O)cc4n31)C=CN2O. The lowest BCUT2D eigenvalue weighted by atomic mass is 10.0. The summed E-state index contributed by atoms with van der Waals surface area (Å²) in [6.45, 7) is 0. The number of benzene rings is 1. The highest BCUT2D eigenvalue weighted by atomic mass is 16.5. The lowest BCUT2D eigenvalue weighted by Crippen LogP contribution is -2.28. The zero-order valence-corrected chi connectivity index (χ0v) is 9.82. The topological polar surface area (TPSA) is 65.7 Å². The molecule has 0 saturated heterocycles. The van der Waals surface area contributed by atoms with Crippen molar-refractivity contribution in [3.8, 4) is 5.75 Å². The van der Waals surface area contributed by atoms with Gasteiger partial charge in [-0.3, -0.25) is 19.6 Å².